The zero-order valence-electron chi connectivity index (χ0n) is 15.9. The van der Waals surface area contributed by atoms with Crippen molar-refractivity contribution in [3.05, 3.63) is 23.9 Å². The van der Waals surface area contributed by atoms with Crippen molar-refractivity contribution in [1.82, 2.24) is 9.88 Å². The van der Waals surface area contributed by atoms with Gasteiger partial charge in [0.2, 0.25) is 0 Å². The highest BCUT2D eigenvalue weighted by molar-refractivity contribution is 5.87. The van der Waals surface area contributed by atoms with Crippen molar-refractivity contribution in [2.45, 2.75) is 71.6 Å². The predicted octanol–water partition coefficient (Wildman–Crippen LogP) is 4.39. The Morgan fingerprint density at radius 3 is 2.71 bits per heavy atom. The van der Waals surface area contributed by atoms with Crippen LogP contribution >= 0.6 is 0 Å². The molecule has 1 saturated heterocycles. The smallest absolute Gasteiger partial charge is 0.415 e. The fourth-order valence-corrected chi connectivity index (χ4v) is 3.27. The van der Waals surface area contributed by atoms with Crippen LogP contribution in [0.1, 0.15) is 65.5 Å². The molecule has 1 unspecified atom stereocenters. The molecule has 1 amide bonds. The van der Waals surface area contributed by atoms with Crippen molar-refractivity contribution in [3.8, 4) is 0 Å². The molecule has 0 spiro atoms. The van der Waals surface area contributed by atoms with Crippen LogP contribution in [0.15, 0.2) is 18.3 Å². The summed E-state index contributed by atoms with van der Waals surface area (Å²) in [5.74, 6) is 0.698. The number of carbonyl (C=O) groups excluding carboxylic acids is 1. The van der Waals surface area contributed by atoms with Crippen LogP contribution in [0.3, 0.4) is 0 Å². The third kappa shape index (κ3) is 4.47. The van der Waals surface area contributed by atoms with Gasteiger partial charge in [0.05, 0.1) is 0 Å². The second kappa shape index (κ2) is 7.51. The summed E-state index contributed by atoms with van der Waals surface area (Å²) in [6.45, 7) is 11.2. The van der Waals surface area contributed by atoms with Gasteiger partial charge in [0.25, 0.3) is 0 Å². The maximum absolute atomic E-state index is 12.5. The summed E-state index contributed by atoms with van der Waals surface area (Å²) in [5.41, 5.74) is 0.592. The number of likely N-dealkylation sites (tertiary alicyclic amines) is 1. The quantitative estimate of drug-likeness (QED) is 0.823. The van der Waals surface area contributed by atoms with Gasteiger partial charge in [-0.1, -0.05) is 12.5 Å². The molecule has 1 aliphatic heterocycles. The van der Waals surface area contributed by atoms with E-state index in [2.05, 4.69) is 29.8 Å². The summed E-state index contributed by atoms with van der Waals surface area (Å²) >= 11 is 0. The van der Waals surface area contributed by atoms with Crippen LogP contribution in [0.4, 0.5) is 10.6 Å². The number of amides is 1. The molecule has 5 heteroatoms. The zero-order valence-corrected chi connectivity index (χ0v) is 15.9. The third-order valence-electron chi connectivity index (χ3n) is 4.37. The number of nitrogens with zero attached hydrogens (tertiary/aromatic N) is 3. The molecule has 2 heterocycles. The van der Waals surface area contributed by atoms with Crippen LogP contribution < -0.4 is 4.90 Å². The second-order valence-electron chi connectivity index (χ2n) is 7.80. The van der Waals surface area contributed by atoms with Gasteiger partial charge >= 0.3 is 6.09 Å². The SMILES string of the molecule is CC(C)N1CCCCC1c1cccnc1N(C)C(=O)OC(C)(C)C. The first-order valence-corrected chi connectivity index (χ1v) is 8.88. The molecular formula is C19H31N3O2. The van der Waals surface area contributed by atoms with Crippen molar-refractivity contribution in [1.29, 1.82) is 0 Å². The van der Waals surface area contributed by atoms with Gasteiger partial charge in [-0.05, 0) is 60.1 Å². The van der Waals surface area contributed by atoms with Gasteiger partial charge in [-0.15, -0.1) is 0 Å². The first-order valence-electron chi connectivity index (χ1n) is 8.88. The van der Waals surface area contributed by atoms with Crippen LogP contribution in [0.2, 0.25) is 0 Å². The minimum atomic E-state index is -0.519. The molecule has 5 nitrogen and oxygen atoms in total. The fraction of sp³-hybridized carbons (Fsp3) is 0.684. The van der Waals surface area contributed by atoms with E-state index in [0.717, 1.165) is 18.5 Å². The summed E-state index contributed by atoms with van der Waals surface area (Å²) in [6.07, 6.45) is 4.90. The van der Waals surface area contributed by atoms with Gasteiger partial charge in [0.15, 0.2) is 0 Å². The highest BCUT2D eigenvalue weighted by Crippen LogP contribution is 2.36. The normalized spacial score (nSPS) is 19.4. The van der Waals surface area contributed by atoms with Crippen molar-refractivity contribution in [3.63, 3.8) is 0 Å². The average Bonchev–Trinajstić information content (AvgIpc) is 2.52. The standard InChI is InChI=1S/C19H31N3O2/c1-14(2)22-13-8-7-11-16(22)15-10-9-12-20-17(15)21(6)18(23)24-19(3,4)5/h9-10,12,14,16H,7-8,11,13H2,1-6H3. The van der Waals surface area contributed by atoms with E-state index < -0.39 is 5.60 Å². The van der Waals surface area contributed by atoms with Crippen LogP contribution in [0, 0.1) is 0 Å². The molecule has 1 aromatic heterocycles. The van der Waals surface area contributed by atoms with Crippen molar-refractivity contribution >= 4 is 11.9 Å². The lowest BCUT2D eigenvalue weighted by Gasteiger charge is -2.40. The van der Waals surface area contributed by atoms with Crippen LogP contribution in [0.5, 0.6) is 0 Å². The number of piperidine rings is 1. The van der Waals surface area contributed by atoms with Gasteiger partial charge in [-0.2, -0.15) is 0 Å². The molecule has 1 aromatic rings. The van der Waals surface area contributed by atoms with Gasteiger partial charge in [-0.25, -0.2) is 9.78 Å². The molecule has 0 aromatic carbocycles. The number of aromatic nitrogens is 1. The molecule has 0 radical (unpaired) electrons. The molecule has 24 heavy (non-hydrogen) atoms. The van der Waals surface area contributed by atoms with E-state index in [1.54, 1.807) is 13.2 Å². The first kappa shape index (κ1) is 18.7. The Balaban J connectivity index is 2.31. The molecule has 134 valence electrons. The number of ether oxygens (including phenoxy) is 1. The Bertz CT molecular complexity index is 566. The monoisotopic (exact) mass is 333 g/mol. The van der Waals surface area contributed by atoms with E-state index in [1.807, 2.05) is 26.8 Å². The Kier molecular flexibility index (Phi) is 5.86. The Morgan fingerprint density at radius 2 is 2.08 bits per heavy atom. The van der Waals surface area contributed by atoms with Crippen LogP contribution in [0.25, 0.3) is 0 Å². The van der Waals surface area contributed by atoms with Crippen LogP contribution in [-0.4, -0.2) is 41.2 Å². The largest absolute Gasteiger partial charge is 0.443 e. The lowest BCUT2D eigenvalue weighted by atomic mass is 9.94. The minimum absolute atomic E-state index is 0.298. The molecule has 2 rings (SSSR count). The van der Waals surface area contributed by atoms with E-state index in [9.17, 15) is 4.79 Å². The molecule has 1 fully saturated rings. The summed E-state index contributed by atoms with van der Waals surface area (Å²) in [5, 5.41) is 0. The van der Waals surface area contributed by atoms with Gasteiger partial charge in [0.1, 0.15) is 11.4 Å². The maximum atomic E-state index is 12.5. The van der Waals surface area contributed by atoms with Gasteiger partial charge in [0, 0.05) is 30.9 Å². The molecule has 0 bridgehead atoms. The average molecular weight is 333 g/mol. The summed E-state index contributed by atoms with van der Waals surface area (Å²) in [7, 11) is 1.74. The molecule has 0 saturated carbocycles. The van der Waals surface area contributed by atoms with Gasteiger partial charge < -0.3 is 4.74 Å². The summed E-state index contributed by atoms with van der Waals surface area (Å²) < 4.78 is 5.50. The molecule has 0 N–H and O–H groups in total. The van der Waals surface area contributed by atoms with Crippen molar-refractivity contribution < 1.29 is 9.53 Å². The lowest BCUT2D eigenvalue weighted by molar-refractivity contribution is 0.0586. The van der Waals surface area contributed by atoms with E-state index in [1.165, 1.54) is 17.7 Å². The first-order chi connectivity index (χ1) is 11.2. The topological polar surface area (TPSA) is 45.7 Å². The second-order valence-corrected chi connectivity index (χ2v) is 7.80. The number of rotatable bonds is 3. The predicted molar refractivity (Wildman–Crippen MR) is 97.3 cm³/mol. The van der Waals surface area contributed by atoms with Crippen molar-refractivity contribution in [2.75, 3.05) is 18.5 Å². The molecule has 1 aliphatic rings. The maximum Gasteiger partial charge on any atom is 0.415 e. The Labute approximate surface area is 146 Å². The van der Waals surface area contributed by atoms with Gasteiger partial charge in [-0.3, -0.25) is 9.80 Å². The highest BCUT2D eigenvalue weighted by Gasteiger charge is 2.30. The summed E-state index contributed by atoms with van der Waals surface area (Å²) in [6, 6.07) is 4.81. The number of pyridine rings is 1. The minimum Gasteiger partial charge on any atom is -0.443 e. The van der Waals surface area contributed by atoms with E-state index in [0.29, 0.717) is 17.9 Å². The fourth-order valence-electron chi connectivity index (χ4n) is 3.27. The van der Waals surface area contributed by atoms with E-state index in [4.69, 9.17) is 4.74 Å². The van der Waals surface area contributed by atoms with Crippen LogP contribution in [-0.2, 0) is 4.74 Å². The third-order valence-corrected chi connectivity index (χ3v) is 4.37. The number of hydrogen-bond donors (Lipinski definition) is 0. The highest BCUT2D eigenvalue weighted by atomic mass is 16.6. The molecule has 0 aliphatic carbocycles. The number of carbonyl (C=O) groups is 1. The number of anilines is 1. The number of hydrogen-bond acceptors (Lipinski definition) is 4. The Morgan fingerprint density at radius 1 is 1.38 bits per heavy atom. The lowest BCUT2D eigenvalue weighted by Crippen LogP contribution is -2.40. The van der Waals surface area contributed by atoms with Crippen molar-refractivity contribution in [2.24, 2.45) is 0 Å². The zero-order chi connectivity index (χ0) is 17.9. The van der Waals surface area contributed by atoms with E-state index in [-0.39, 0.29) is 6.09 Å². The molecule has 1 atom stereocenters. The molecular weight excluding hydrogens is 302 g/mol. The van der Waals surface area contributed by atoms with E-state index >= 15 is 0 Å². The summed E-state index contributed by atoms with van der Waals surface area (Å²) in [4.78, 5) is 21.0. The Hall–Kier alpha value is -1.62.